The number of nitriles is 2. The fraction of sp³-hybridized carbons (Fsp3) is 0.562. The Bertz CT molecular complexity index is 1140. The molecule has 0 spiro atoms. The van der Waals surface area contributed by atoms with Crippen LogP contribution in [-0.4, -0.2) is 0 Å². The molecule has 2 aromatic rings. The maximum atomic E-state index is 9.52. The van der Waals surface area contributed by atoms with Gasteiger partial charge < -0.3 is 9.47 Å². The first-order valence-corrected chi connectivity index (χ1v) is 13.6. The third kappa shape index (κ3) is 3.87. The van der Waals surface area contributed by atoms with Crippen LogP contribution in [-0.2, 0) is 10.8 Å². The summed E-state index contributed by atoms with van der Waals surface area (Å²) in [4.78, 5) is 0. The van der Waals surface area contributed by atoms with Gasteiger partial charge in [-0.1, -0.05) is 51.0 Å². The molecule has 0 radical (unpaired) electrons. The summed E-state index contributed by atoms with van der Waals surface area (Å²) in [5, 5.41) is 19.0. The van der Waals surface area contributed by atoms with Crippen LogP contribution in [0, 0.1) is 47.7 Å². The highest BCUT2D eigenvalue weighted by atomic mass is 16.5. The van der Waals surface area contributed by atoms with Gasteiger partial charge in [-0.25, -0.2) is 0 Å². The molecule has 0 heterocycles. The maximum Gasteiger partial charge on any atom is 0.292 e. The van der Waals surface area contributed by atoms with E-state index >= 15 is 0 Å². The molecule has 4 nitrogen and oxygen atoms in total. The number of nitrogens with zero attached hydrogens (tertiary/aromatic N) is 2. The van der Waals surface area contributed by atoms with E-state index in [9.17, 15) is 10.5 Å². The second-order valence-electron chi connectivity index (χ2n) is 12.5. The fourth-order valence-electron chi connectivity index (χ4n) is 9.63. The molecular formula is C32H38N2O2. The molecule has 188 valence electrons. The predicted octanol–water partition coefficient (Wildman–Crippen LogP) is 8.15. The van der Waals surface area contributed by atoms with E-state index in [0.29, 0.717) is 0 Å². The molecule has 4 aliphatic rings. The zero-order valence-corrected chi connectivity index (χ0v) is 22.2. The highest BCUT2D eigenvalue weighted by Crippen LogP contribution is 2.77. The zero-order valence-electron chi connectivity index (χ0n) is 22.2. The summed E-state index contributed by atoms with van der Waals surface area (Å²) >= 11 is 0. The van der Waals surface area contributed by atoms with Crippen LogP contribution in [0.5, 0.6) is 11.5 Å². The van der Waals surface area contributed by atoms with Crippen LogP contribution in [0.4, 0.5) is 0 Å². The summed E-state index contributed by atoms with van der Waals surface area (Å²) in [6.07, 6.45) is 15.6. The van der Waals surface area contributed by atoms with Gasteiger partial charge in [0.1, 0.15) is 11.5 Å². The van der Waals surface area contributed by atoms with Crippen molar-refractivity contribution in [2.24, 2.45) is 10.8 Å². The molecule has 4 aliphatic carbocycles. The van der Waals surface area contributed by atoms with Crippen molar-refractivity contribution < 1.29 is 9.47 Å². The number of ether oxygens (including phenoxy) is 2. The summed E-state index contributed by atoms with van der Waals surface area (Å²) in [5.41, 5.74) is 4.98. The number of hydrogen-bond acceptors (Lipinski definition) is 4. The van der Waals surface area contributed by atoms with E-state index in [2.05, 4.69) is 52.0 Å². The topological polar surface area (TPSA) is 66.0 Å². The van der Waals surface area contributed by atoms with Crippen molar-refractivity contribution in [3.63, 3.8) is 0 Å². The highest BCUT2D eigenvalue weighted by molar-refractivity contribution is 5.51. The lowest BCUT2D eigenvalue weighted by Crippen LogP contribution is -2.64. The van der Waals surface area contributed by atoms with Crippen molar-refractivity contribution in [3.05, 3.63) is 58.7 Å². The number of hydrogen-bond donors (Lipinski definition) is 0. The normalized spacial score (nSPS) is 32.1. The van der Waals surface area contributed by atoms with Gasteiger partial charge >= 0.3 is 0 Å². The number of rotatable bonds is 8. The Morgan fingerprint density at radius 3 is 1.44 bits per heavy atom. The van der Waals surface area contributed by atoms with Crippen molar-refractivity contribution in [2.45, 2.75) is 103 Å². The van der Waals surface area contributed by atoms with Gasteiger partial charge in [-0.15, -0.1) is 10.5 Å². The van der Waals surface area contributed by atoms with Crippen molar-refractivity contribution in [1.82, 2.24) is 0 Å². The molecule has 4 bridgehead atoms. The lowest BCUT2D eigenvalue weighted by molar-refractivity contribution is -0.149. The summed E-state index contributed by atoms with van der Waals surface area (Å²) in [5.74, 6) is 1.45. The van der Waals surface area contributed by atoms with Gasteiger partial charge in [-0.3, -0.25) is 0 Å². The van der Waals surface area contributed by atoms with Crippen molar-refractivity contribution >= 4 is 0 Å². The standard InChI is InChI=1S/C32H38N2O2/c1-5-11-29-15-30(12-6-2)18-31(16-29,25-9-7-23(3)13-27(25)35-21-33)20-32(17-29,19-30)26-10-8-24(4)14-28(26)36-22-34/h7-10,13-14H,5-6,11-12,15-20H2,1-4H3. The van der Waals surface area contributed by atoms with E-state index in [1.165, 1.54) is 43.2 Å². The third-order valence-corrected chi connectivity index (χ3v) is 9.57. The summed E-state index contributed by atoms with van der Waals surface area (Å²) in [6.45, 7) is 8.75. The van der Waals surface area contributed by atoms with Crippen LogP contribution in [0.25, 0.3) is 0 Å². The van der Waals surface area contributed by atoms with Crippen molar-refractivity contribution in [1.29, 1.82) is 10.5 Å². The van der Waals surface area contributed by atoms with Crippen LogP contribution in [0.1, 0.15) is 100 Å². The number of benzene rings is 2. The molecule has 2 aromatic carbocycles. The minimum atomic E-state index is -0.0617. The quantitative estimate of drug-likeness (QED) is 0.356. The first-order chi connectivity index (χ1) is 17.3. The van der Waals surface area contributed by atoms with Gasteiger partial charge in [-0.2, -0.15) is 0 Å². The molecule has 0 unspecified atom stereocenters. The minimum Gasteiger partial charge on any atom is -0.388 e. The Morgan fingerprint density at radius 1 is 0.667 bits per heavy atom. The molecule has 0 saturated heterocycles. The van der Waals surface area contributed by atoms with Gasteiger partial charge in [0.25, 0.3) is 12.5 Å². The largest absolute Gasteiger partial charge is 0.388 e. The molecule has 36 heavy (non-hydrogen) atoms. The second-order valence-corrected chi connectivity index (χ2v) is 12.5. The van der Waals surface area contributed by atoms with Crippen LogP contribution in [0.15, 0.2) is 36.4 Å². The summed E-state index contributed by atoms with van der Waals surface area (Å²) in [7, 11) is 0. The Labute approximate surface area is 216 Å². The molecule has 4 saturated carbocycles. The first kappa shape index (κ1) is 24.7. The van der Waals surface area contributed by atoms with Crippen LogP contribution in [0.3, 0.4) is 0 Å². The van der Waals surface area contributed by atoms with Gasteiger partial charge in [0, 0.05) is 22.0 Å². The van der Waals surface area contributed by atoms with E-state index in [4.69, 9.17) is 9.47 Å². The second kappa shape index (κ2) is 8.85. The van der Waals surface area contributed by atoms with Crippen molar-refractivity contribution in [2.75, 3.05) is 0 Å². The third-order valence-electron chi connectivity index (χ3n) is 9.57. The van der Waals surface area contributed by atoms with E-state index < -0.39 is 0 Å². The smallest absolute Gasteiger partial charge is 0.292 e. The SMILES string of the molecule is CCCC12CC3(CCC)CC(c4ccc(C)cc4OC#N)(C1)CC(c1ccc(C)cc1OC#N)(C2)C3. The van der Waals surface area contributed by atoms with Crippen LogP contribution >= 0.6 is 0 Å². The Balaban J connectivity index is 1.76. The molecule has 0 atom stereocenters. The van der Waals surface area contributed by atoms with Crippen LogP contribution < -0.4 is 9.47 Å². The van der Waals surface area contributed by atoms with E-state index in [1.807, 2.05) is 24.6 Å². The molecule has 4 heteroatoms. The molecule has 4 fully saturated rings. The van der Waals surface area contributed by atoms with Gasteiger partial charge in [0.05, 0.1) is 0 Å². The van der Waals surface area contributed by atoms with Crippen LogP contribution in [0.2, 0.25) is 0 Å². The monoisotopic (exact) mass is 482 g/mol. The first-order valence-electron chi connectivity index (χ1n) is 13.6. The average Bonchev–Trinajstić information content (AvgIpc) is 2.78. The van der Waals surface area contributed by atoms with E-state index in [0.717, 1.165) is 54.7 Å². The highest BCUT2D eigenvalue weighted by Gasteiger charge is 2.68. The summed E-state index contributed by atoms with van der Waals surface area (Å²) < 4.78 is 11.3. The van der Waals surface area contributed by atoms with Crippen molar-refractivity contribution in [3.8, 4) is 24.0 Å². The Morgan fingerprint density at radius 2 is 1.08 bits per heavy atom. The molecule has 6 rings (SSSR count). The molecular weight excluding hydrogens is 444 g/mol. The molecule has 0 amide bonds. The lowest BCUT2D eigenvalue weighted by Gasteiger charge is -2.71. The minimum absolute atomic E-state index is 0.0617. The van der Waals surface area contributed by atoms with Gasteiger partial charge in [-0.05, 0) is 99.3 Å². The molecule has 0 N–H and O–H groups in total. The predicted molar refractivity (Wildman–Crippen MR) is 141 cm³/mol. The van der Waals surface area contributed by atoms with E-state index in [-0.39, 0.29) is 21.7 Å². The van der Waals surface area contributed by atoms with E-state index in [1.54, 1.807) is 0 Å². The summed E-state index contributed by atoms with van der Waals surface area (Å²) in [6, 6.07) is 12.9. The molecule has 0 aromatic heterocycles. The van der Waals surface area contributed by atoms with Gasteiger partial charge in [0.2, 0.25) is 0 Å². The van der Waals surface area contributed by atoms with Gasteiger partial charge in [0.15, 0.2) is 0 Å². The maximum absolute atomic E-state index is 9.52. The Kier molecular flexibility index (Phi) is 6.07. The average molecular weight is 483 g/mol. The molecule has 0 aliphatic heterocycles. The zero-order chi connectivity index (χ0) is 25.6. The Hall–Kier alpha value is -2.98. The fourth-order valence-corrected chi connectivity index (χ4v) is 9.63. The number of aryl methyl sites for hydroxylation is 2. The lowest BCUT2D eigenvalue weighted by atomic mass is 9.32.